The van der Waals surface area contributed by atoms with Crippen LogP contribution in [-0.4, -0.2) is 49.6 Å². The van der Waals surface area contributed by atoms with E-state index in [1.54, 1.807) is 37.3 Å². The zero-order valence-electron chi connectivity index (χ0n) is 19.7. The van der Waals surface area contributed by atoms with E-state index >= 15 is 0 Å². The van der Waals surface area contributed by atoms with Gasteiger partial charge in [-0.2, -0.15) is 0 Å². The van der Waals surface area contributed by atoms with Gasteiger partial charge < -0.3 is 24.4 Å². The minimum absolute atomic E-state index is 0.100. The van der Waals surface area contributed by atoms with Gasteiger partial charge in [-0.3, -0.25) is 9.59 Å². The average molecular weight is 455 g/mol. The molecule has 1 atom stereocenters. The van der Waals surface area contributed by atoms with Gasteiger partial charge in [-0.05, 0) is 24.8 Å². The van der Waals surface area contributed by atoms with Crippen LogP contribution >= 0.6 is 0 Å². The molecule has 0 saturated heterocycles. The number of hydrogen-bond acceptors (Lipinski definition) is 5. The highest BCUT2D eigenvalue weighted by atomic mass is 16.5. The first-order chi connectivity index (χ1) is 16.0. The van der Waals surface area contributed by atoms with Gasteiger partial charge in [0.05, 0.1) is 14.2 Å². The molecule has 33 heavy (non-hydrogen) atoms. The second-order valence-electron chi connectivity index (χ2n) is 8.26. The van der Waals surface area contributed by atoms with Crippen molar-refractivity contribution in [1.29, 1.82) is 0 Å². The van der Waals surface area contributed by atoms with Crippen molar-refractivity contribution in [2.24, 2.45) is 0 Å². The summed E-state index contributed by atoms with van der Waals surface area (Å²) in [5.41, 5.74) is 0.959. The first-order valence-corrected chi connectivity index (χ1v) is 11.5. The number of rotatable bonds is 11. The lowest BCUT2D eigenvalue weighted by molar-refractivity contribution is -0.143. The fourth-order valence-electron chi connectivity index (χ4n) is 4.16. The first-order valence-electron chi connectivity index (χ1n) is 11.5. The summed E-state index contributed by atoms with van der Waals surface area (Å²) in [5, 5.41) is 3.15. The molecule has 0 aliphatic heterocycles. The SMILES string of the molecule is CC[C@H](C(=O)NC1CCCC1)N(Cc1ccccc1)C(=O)COc1cc(OC)cc(OC)c1. The number of ether oxygens (including phenoxy) is 3. The molecule has 1 saturated carbocycles. The van der Waals surface area contributed by atoms with Crippen LogP contribution in [-0.2, 0) is 16.1 Å². The summed E-state index contributed by atoms with van der Waals surface area (Å²) in [6.07, 6.45) is 4.77. The summed E-state index contributed by atoms with van der Waals surface area (Å²) < 4.78 is 16.3. The Bertz CT molecular complexity index is 890. The van der Waals surface area contributed by atoms with Crippen LogP contribution in [0.3, 0.4) is 0 Å². The molecular weight excluding hydrogens is 420 g/mol. The van der Waals surface area contributed by atoms with E-state index in [0.717, 1.165) is 31.2 Å². The van der Waals surface area contributed by atoms with Crippen LogP contribution < -0.4 is 19.5 Å². The van der Waals surface area contributed by atoms with E-state index in [4.69, 9.17) is 14.2 Å². The Morgan fingerprint density at radius 1 is 1.00 bits per heavy atom. The van der Waals surface area contributed by atoms with E-state index in [-0.39, 0.29) is 24.5 Å². The summed E-state index contributed by atoms with van der Waals surface area (Å²) in [6.45, 7) is 2.06. The molecule has 0 bridgehead atoms. The van der Waals surface area contributed by atoms with Crippen LogP contribution in [0.1, 0.15) is 44.6 Å². The summed E-state index contributed by atoms with van der Waals surface area (Å²) >= 11 is 0. The predicted molar refractivity (Wildman–Crippen MR) is 127 cm³/mol. The standard InChI is InChI=1S/C26H34N2O5/c1-4-24(26(30)27-20-12-8-9-13-20)28(17-19-10-6-5-7-11-19)25(29)18-33-23-15-21(31-2)14-22(16-23)32-3/h5-7,10-11,14-16,20,24H,4,8-9,12-13,17-18H2,1-3H3,(H,27,30)/t24-/m1/s1. The van der Waals surface area contributed by atoms with Gasteiger partial charge in [0.2, 0.25) is 5.91 Å². The highest BCUT2D eigenvalue weighted by Crippen LogP contribution is 2.27. The van der Waals surface area contributed by atoms with Crippen LogP contribution in [0.2, 0.25) is 0 Å². The van der Waals surface area contributed by atoms with Gasteiger partial charge >= 0.3 is 0 Å². The summed E-state index contributed by atoms with van der Waals surface area (Å²) in [7, 11) is 3.11. The zero-order valence-corrected chi connectivity index (χ0v) is 19.7. The highest BCUT2D eigenvalue weighted by Gasteiger charge is 2.30. The van der Waals surface area contributed by atoms with Crippen molar-refractivity contribution >= 4 is 11.8 Å². The second kappa shape index (κ2) is 12.1. The van der Waals surface area contributed by atoms with Crippen molar-refractivity contribution < 1.29 is 23.8 Å². The smallest absolute Gasteiger partial charge is 0.261 e. The first kappa shape index (κ1) is 24.4. The van der Waals surface area contributed by atoms with Crippen LogP contribution in [0.25, 0.3) is 0 Å². The molecule has 2 aromatic carbocycles. The minimum Gasteiger partial charge on any atom is -0.496 e. The van der Waals surface area contributed by atoms with Gasteiger partial charge in [0.1, 0.15) is 23.3 Å². The van der Waals surface area contributed by atoms with E-state index in [0.29, 0.717) is 30.2 Å². The Morgan fingerprint density at radius 2 is 1.61 bits per heavy atom. The molecule has 7 nitrogen and oxygen atoms in total. The van der Waals surface area contributed by atoms with Crippen molar-refractivity contribution in [1.82, 2.24) is 10.2 Å². The van der Waals surface area contributed by atoms with Gasteiger partial charge in [0.15, 0.2) is 6.61 Å². The van der Waals surface area contributed by atoms with Gasteiger partial charge in [0.25, 0.3) is 5.91 Å². The number of hydrogen-bond donors (Lipinski definition) is 1. The number of benzene rings is 2. The van der Waals surface area contributed by atoms with Crippen LogP contribution in [0.15, 0.2) is 48.5 Å². The van der Waals surface area contributed by atoms with Gasteiger partial charge in [-0.15, -0.1) is 0 Å². The van der Waals surface area contributed by atoms with Crippen molar-refractivity contribution in [2.45, 2.75) is 57.7 Å². The topological polar surface area (TPSA) is 77.1 Å². The number of methoxy groups -OCH3 is 2. The number of carbonyl (C=O) groups excluding carboxylic acids is 2. The molecule has 0 radical (unpaired) electrons. The summed E-state index contributed by atoms with van der Waals surface area (Å²) in [6, 6.07) is 14.4. The molecule has 1 aliphatic rings. The number of nitrogens with one attached hydrogen (secondary N) is 1. The summed E-state index contributed by atoms with van der Waals surface area (Å²) in [4.78, 5) is 28.1. The third kappa shape index (κ3) is 6.88. The Kier molecular flexibility index (Phi) is 8.98. The molecule has 1 N–H and O–H groups in total. The van der Waals surface area contributed by atoms with Crippen molar-refractivity contribution in [3.05, 3.63) is 54.1 Å². The van der Waals surface area contributed by atoms with Gasteiger partial charge in [-0.25, -0.2) is 0 Å². The lowest BCUT2D eigenvalue weighted by atomic mass is 10.1. The normalized spacial score (nSPS) is 14.4. The molecule has 0 aromatic heterocycles. The van der Waals surface area contributed by atoms with Crippen molar-refractivity contribution in [2.75, 3.05) is 20.8 Å². The Morgan fingerprint density at radius 3 is 2.18 bits per heavy atom. The zero-order chi connectivity index (χ0) is 23.6. The average Bonchev–Trinajstić information content (AvgIpc) is 3.35. The Balaban J connectivity index is 1.76. The number of carbonyl (C=O) groups is 2. The van der Waals surface area contributed by atoms with E-state index in [1.807, 2.05) is 37.3 Å². The molecule has 2 amide bonds. The largest absolute Gasteiger partial charge is 0.496 e. The molecule has 2 aromatic rings. The van der Waals surface area contributed by atoms with Crippen LogP contribution in [0.4, 0.5) is 0 Å². The lowest BCUT2D eigenvalue weighted by Crippen LogP contribution is -2.52. The monoisotopic (exact) mass is 454 g/mol. The minimum atomic E-state index is -0.568. The van der Waals surface area contributed by atoms with E-state index in [2.05, 4.69) is 5.32 Å². The van der Waals surface area contributed by atoms with Crippen molar-refractivity contribution in [3.63, 3.8) is 0 Å². The lowest BCUT2D eigenvalue weighted by Gasteiger charge is -2.31. The quantitative estimate of drug-likeness (QED) is 0.556. The molecule has 1 aliphatic carbocycles. The third-order valence-electron chi connectivity index (χ3n) is 5.97. The van der Waals surface area contributed by atoms with Crippen LogP contribution in [0.5, 0.6) is 17.2 Å². The van der Waals surface area contributed by atoms with Gasteiger partial charge in [-0.1, -0.05) is 50.1 Å². The molecule has 0 unspecified atom stereocenters. The Hall–Kier alpha value is -3.22. The second-order valence-corrected chi connectivity index (χ2v) is 8.26. The maximum atomic E-state index is 13.3. The molecule has 0 heterocycles. The van der Waals surface area contributed by atoms with Gasteiger partial charge in [0, 0.05) is 30.8 Å². The maximum Gasteiger partial charge on any atom is 0.261 e. The molecule has 7 heteroatoms. The highest BCUT2D eigenvalue weighted by molar-refractivity contribution is 5.88. The molecule has 0 spiro atoms. The maximum absolute atomic E-state index is 13.3. The number of amides is 2. The fraction of sp³-hybridized carbons (Fsp3) is 0.462. The molecule has 1 fully saturated rings. The van der Waals surface area contributed by atoms with Crippen molar-refractivity contribution in [3.8, 4) is 17.2 Å². The van der Waals surface area contributed by atoms with E-state index in [1.165, 1.54) is 0 Å². The molecule has 178 valence electrons. The predicted octanol–water partition coefficient (Wildman–Crippen LogP) is 3.95. The Labute approximate surface area is 196 Å². The number of nitrogens with zero attached hydrogens (tertiary/aromatic N) is 1. The molecular formula is C26H34N2O5. The third-order valence-corrected chi connectivity index (χ3v) is 5.97. The van der Waals surface area contributed by atoms with E-state index < -0.39 is 6.04 Å². The van der Waals surface area contributed by atoms with Crippen LogP contribution in [0, 0.1) is 0 Å². The summed E-state index contributed by atoms with van der Waals surface area (Å²) in [5.74, 6) is 1.24. The van der Waals surface area contributed by atoms with E-state index in [9.17, 15) is 9.59 Å². The molecule has 3 rings (SSSR count). The fourth-order valence-corrected chi connectivity index (χ4v) is 4.16.